The number of ether oxygens (including phenoxy) is 1. The molecule has 0 atom stereocenters. The number of aryl methyl sites for hydroxylation is 2. The van der Waals surface area contributed by atoms with Crippen molar-refractivity contribution in [1.82, 2.24) is 0 Å². The summed E-state index contributed by atoms with van der Waals surface area (Å²) in [4.78, 5) is 24.5. The van der Waals surface area contributed by atoms with Gasteiger partial charge in [-0.05, 0) is 67.9 Å². The number of hydrogen-bond donors (Lipinski definition) is 2. The Hall–Kier alpha value is -3.02. The van der Waals surface area contributed by atoms with Crippen molar-refractivity contribution in [3.63, 3.8) is 0 Å². The van der Waals surface area contributed by atoms with Crippen molar-refractivity contribution in [3.05, 3.63) is 87.4 Å². The third kappa shape index (κ3) is 5.75. The number of carbonyl (C=O) groups is 2. The lowest BCUT2D eigenvalue weighted by Gasteiger charge is -2.11. The minimum Gasteiger partial charge on any atom is -0.484 e. The van der Waals surface area contributed by atoms with E-state index in [0.717, 1.165) is 16.8 Å². The van der Waals surface area contributed by atoms with Gasteiger partial charge in [0.15, 0.2) is 6.61 Å². The summed E-state index contributed by atoms with van der Waals surface area (Å²) in [7, 11) is 0. The van der Waals surface area contributed by atoms with Crippen LogP contribution in [0.3, 0.4) is 0 Å². The number of anilines is 2. The zero-order chi connectivity index (χ0) is 21.7. The van der Waals surface area contributed by atoms with Crippen LogP contribution in [-0.4, -0.2) is 18.4 Å². The molecule has 3 aromatic rings. The molecular formula is C23H20Cl2N2O3. The van der Waals surface area contributed by atoms with Crippen molar-refractivity contribution in [1.29, 1.82) is 0 Å². The van der Waals surface area contributed by atoms with Gasteiger partial charge < -0.3 is 15.4 Å². The van der Waals surface area contributed by atoms with Crippen LogP contribution in [0.4, 0.5) is 11.4 Å². The monoisotopic (exact) mass is 442 g/mol. The van der Waals surface area contributed by atoms with Crippen molar-refractivity contribution in [2.24, 2.45) is 0 Å². The molecule has 0 unspecified atom stereocenters. The Morgan fingerprint density at radius 1 is 0.867 bits per heavy atom. The van der Waals surface area contributed by atoms with Gasteiger partial charge in [0.25, 0.3) is 11.8 Å². The van der Waals surface area contributed by atoms with Gasteiger partial charge in [-0.25, -0.2) is 0 Å². The Kier molecular flexibility index (Phi) is 6.98. The van der Waals surface area contributed by atoms with Crippen LogP contribution in [0.2, 0.25) is 10.0 Å². The fourth-order valence-electron chi connectivity index (χ4n) is 2.78. The Bertz CT molecular complexity index is 1080. The highest BCUT2D eigenvalue weighted by Crippen LogP contribution is 2.25. The molecule has 0 aromatic heterocycles. The molecule has 0 heterocycles. The first kappa shape index (κ1) is 21.7. The number of nitrogens with one attached hydrogen (secondary N) is 2. The van der Waals surface area contributed by atoms with Crippen molar-refractivity contribution < 1.29 is 14.3 Å². The smallest absolute Gasteiger partial charge is 0.262 e. The molecule has 5 nitrogen and oxygen atoms in total. The van der Waals surface area contributed by atoms with E-state index in [4.69, 9.17) is 27.9 Å². The molecule has 3 aromatic carbocycles. The van der Waals surface area contributed by atoms with E-state index in [2.05, 4.69) is 10.6 Å². The Labute approximate surface area is 185 Å². The molecule has 2 amide bonds. The van der Waals surface area contributed by atoms with Gasteiger partial charge in [-0.2, -0.15) is 0 Å². The summed E-state index contributed by atoms with van der Waals surface area (Å²) < 4.78 is 5.48. The maximum Gasteiger partial charge on any atom is 0.262 e. The molecule has 0 aliphatic carbocycles. The van der Waals surface area contributed by atoms with Crippen LogP contribution in [-0.2, 0) is 4.79 Å². The lowest BCUT2D eigenvalue weighted by Crippen LogP contribution is -2.20. The van der Waals surface area contributed by atoms with E-state index >= 15 is 0 Å². The molecule has 0 fully saturated rings. The number of rotatable bonds is 6. The van der Waals surface area contributed by atoms with E-state index < -0.39 is 0 Å². The second kappa shape index (κ2) is 9.65. The van der Waals surface area contributed by atoms with Gasteiger partial charge in [0.05, 0.1) is 10.7 Å². The van der Waals surface area contributed by atoms with Crippen molar-refractivity contribution in [2.45, 2.75) is 13.8 Å². The van der Waals surface area contributed by atoms with Gasteiger partial charge in [0.2, 0.25) is 0 Å². The fourth-order valence-corrected chi connectivity index (χ4v) is 3.12. The standard InChI is InChI=1S/C23H20Cl2N2O3/c1-14-3-10-20(15(2)11-14)27-23(29)16-4-7-18(8-5-16)30-13-22(28)26-21-12-17(24)6-9-19(21)25/h3-12H,13H2,1-2H3,(H,26,28)(H,27,29). The zero-order valence-corrected chi connectivity index (χ0v) is 18.0. The fraction of sp³-hybridized carbons (Fsp3) is 0.130. The lowest BCUT2D eigenvalue weighted by molar-refractivity contribution is -0.118. The second-order valence-electron chi connectivity index (χ2n) is 6.76. The van der Waals surface area contributed by atoms with Crippen LogP contribution in [0.25, 0.3) is 0 Å². The molecule has 7 heteroatoms. The average molecular weight is 443 g/mol. The topological polar surface area (TPSA) is 67.4 Å². The van der Waals surface area contributed by atoms with E-state index in [0.29, 0.717) is 27.0 Å². The number of benzene rings is 3. The normalized spacial score (nSPS) is 10.4. The van der Waals surface area contributed by atoms with Crippen LogP contribution in [0.5, 0.6) is 5.75 Å². The predicted octanol–water partition coefficient (Wildman–Crippen LogP) is 5.88. The number of carbonyl (C=O) groups excluding carboxylic acids is 2. The van der Waals surface area contributed by atoms with Crippen LogP contribution in [0.15, 0.2) is 60.7 Å². The van der Waals surface area contributed by atoms with Gasteiger partial charge >= 0.3 is 0 Å². The third-order valence-electron chi connectivity index (χ3n) is 4.32. The van der Waals surface area contributed by atoms with Crippen LogP contribution in [0.1, 0.15) is 21.5 Å². The number of hydrogen-bond acceptors (Lipinski definition) is 3. The highest BCUT2D eigenvalue weighted by atomic mass is 35.5. The molecule has 0 aliphatic heterocycles. The van der Waals surface area contributed by atoms with Gasteiger partial charge in [0, 0.05) is 16.3 Å². The Morgan fingerprint density at radius 3 is 2.30 bits per heavy atom. The van der Waals surface area contributed by atoms with Gasteiger partial charge in [-0.1, -0.05) is 40.9 Å². The summed E-state index contributed by atoms with van der Waals surface area (Å²) in [6, 6.07) is 17.2. The quantitative estimate of drug-likeness (QED) is 0.500. The second-order valence-corrected chi connectivity index (χ2v) is 7.60. The predicted molar refractivity (Wildman–Crippen MR) is 121 cm³/mol. The summed E-state index contributed by atoms with van der Waals surface area (Å²) in [5.41, 5.74) is 3.79. The molecule has 0 aliphatic rings. The van der Waals surface area contributed by atoms with E-state index in [-0.39, 0.29) is 18.4 Å². The summed E-state index contributed by atoms with van der Waals surface area (Å²) in [5.74, 6) is -0.136. The molecule has 0 spiro atoms. The summed E-state index contributed by atoms with van der Waals surface area (Å²) in [5, 5.41) is 6.38. The summed E-state index contributed by atoms with van der Waals surface area (Å²) in [6.45, 7) is 3.74. The molecule has 0 saturated heterocycles. The van der Waals surface area contributed by atoms with Gasteiger partial charge in [0.1, 0.15) is 5.75 Å². The van der Waals surface area contributed by atoms with Crippen LogP contribution >= 0.6 is 23.2 Å². The number of amides is 2. The van der Waals surface area contributed by atoms with Crippen molar-refractivity contribution in [3.8, 4) is 5.75 Å². The molecule has 3 rings (SSSR count). The van der Waals surface area contributed by atoms with E-state index in [1.807, 2.05) is 32.0 Å². The maximum atomic E-state index is 12.5. The summed E-state index contributed by atoms with van der Waals surface area (Å²) in [6.07, 6.45) is 0. The lowest BCUT2D eigenvalue weighted by atomic mass is 10.1. The molecule has 0 radical (unpaired) electrons. The first-order valence-corrected chi connectivity index (χ1v) is 9.94. The minimum absolute atomic E-state index is 0.211. The molecule has 30 heavy (non-hydrogen) atoms. The highest BCUT2D eigenvalue weighted by molar-refractivity contribution is 6.35. The molecule has 2 N–H and O–H groups in total. The van der Waals surface area contributed by atoms with Gasteiger partial charge in [-0.15, -0.1) is 0 Å². The average Bonchev–Trinajstić information content (AvgIpc) is 2.71. The minimum atomic E-state index is -0.379. The largest absolute Gasteiger partial charge is 0.484 e. The molecule has 0 saturated carbocycles. The van der Waals surface area contributed by atoms with E-state index in [9.17, 15) is 9.59 Å². The van der Waals surface area contributed by atoms with E-state index in [1.165, 1.54) is 0 Å². The Morgan fingerprint density at radius 2 is 1.60 bits per heavy atom. The highest BCUT2D eigenvalue weighted by Gasteiger charge is 2.10. The van der Waals surface area contributed by atoms with Crippen molar-refractivity contribution in [2.75, 3.05) is 17.2 Å². The third-order valence-corrected chi connectivity index (χ3v) is 4.88. The zero-order valence-electron chi connectivity index (χ0n) is 16.5. The summed E-state index contributed by atoms with van der Waals surface area (Å²) >= 11 is 11.9. The molecule has 154 valence electrons. The van der Waals surface area contributed by atoms with Crippen LogP contribution < -0.4 is 15.4 Å². The molecule has 0 bridgehead atoms. The Balaban J connectivity index is 1.55. The van der Waals surface area contributed by atoms with E-state index in [1.54, 1.807) is 42.5 Å². The van der Waals surface area contributed by atoms with Crippen molar-refractivity contribution >= 4 is 46.4 Å². The SMILES string of the molecule is Cc1ccc(NC(=O)c2ccc(OCC(=O)Nc3cc(Cl)ccc3Cl)cc2)c(C)c1. The van der Waals surface area contributed by atoms with Gasteiger partial charge in [-0.3, -0.25) is 9.59 Å². The van der Waals surface area contributed by atoms with Crippen LogP contribution in [0, 0.1) is 13.8 Å². The number of halogens is 2. The molecular weight excluding hydrogens is 423 g/mol. The first-order valence-electron chi connectivity index (χ1n) is 9.18. The maximum absolute atomic E-state index is 12.5. The first-order chi connectivity index (χ1) is 14.3.